The number of hydrogen-bond acceptors (Lipinski definition) is 4. The fraction of sp³-hybridized carbons (Fsp3) is 0. The summed E-state index contributed by atoms with van der Waals surface area (Å²) in [6, 6.07) is 2.41. The van der Waals surface area contributed by atoms with Gasteiger partial charge in [0.05, 0.1) is 11.2 Å². The Morgan fingerprint density at radius 1 is 1.33 bits per heavy atom. The molecule has 64 valence electrons. The van der Waals surface area contributed by atoms with Gasteiger partial charge in [0, 0.05) is 11.6 Å². The molecule has 0 bridgehead atoms. The van der Waals surface area contributed by atoms with Crippen LogP contribution in [0.2, 0.25) is 5.02 Å². The number of aromatic hydroxyl groups is 2. The number of phenolic OH excluding ortho intramolecular Hbond substituents is 2. The summed E-state index contributed by atoms with van der Waals surface area (Å²) in [5.41, 5.74) is 0.155. The van der Waals surface area contributed by atoms with Crippen molar-refractivity contribution in [1.29, 1.82) is 0 Å². The second-order valence-electron chi connectivity index (χ2n) is 2.11. The Morgan fingerprint density at radius 2 is 2.00 bits per heavy atom. The summed E-state index contributed by atoms with van der Waals surface area (Å²) in [5.74, 6) is -0.333. The van der Waals surface area contributed by atoms with Crippen LogP contribution in [0.3, 0.4) is 0 Å². The smallest absolute Gasteiger partial charge is 0.143 e. The van der Waals surface area contributed by atoms with E-state index in [0.29, 0.717) is 0 Å². The minimum absolute atomic E-state index is 0.00454. The zero-order valence-electron chi connectivity index (χ0n) is 5.90. The number of nitrogens with zero attached hydrogens (tertiary/aromatic N) is 1. The monoisotopic (exact) mass is 187 g/mol. The Kier molecular flexibility index (Phi) is 2.40. The number of benzene rings is 1. The molecule has 0 heterocycles. The summed E-state index contributed by atoms with van der Waals surface area (Å²) < 4.78 is 0. The van der Waals surface area contributed by atoms with Gasteiger partial charge in [-0.25, -0.2) is 0 Å². The van der Waals surface area contributed by atoms with Crippen LogP contribution < -0.4 is 0 Å². The molecule has 0 amide bonds. The first kappa shape index (κ1) is 8.67. The molecule has 0 fully saturated rings. The molecule has 12 heavy (non-hydrogen) atoms. The van der Waals surface area contributed by atoms with E-state index in [2.05, 4.69) is 5.16 Å². The van der Waals surface area contributed by atoms with Gasteiger partial charge >= 0.3 is 0 Å². The largest absolute Gasteiger partial charge is 0.508 e. The van der Waals surface area contributed by atoms with Crippen molar-refractivity contribution in [2.24, 2.45) is 5.16 Å². The maximum absolute atomic E-state index is 9.21. The van der Waals surface area contributed by atoms with Crippen LogP contribution in [0.15, 0.2) is 17.3 Å². The average Bonchev–Trinajstić information content (AvgIpc) is 2.00. The Balaban J connectivity index is 3.27. The molecule has 1 aromatic rings. The van der Waals surface area contributed by atoms with Gasteiger partial charge in [0.25, 0.3) is 0 Å². The topological polar surface area (TPSA) is 73.1 Å². The fourth-order valence-electron chi connectivity index (χ4n) is 0.766. The van der Waals surface area contributed by atoms with Crippen molar-refractivity contribution < 1.29 is 15.4 Å². The van der Waals surface area contributed by atoms with Gasteiger partial charge in [0.2, 0.25) is 0 Å². The van der Waals surface area contributed by atoms with Crippen LogP contribution in [0.4, 0.5) is 0 Å². The fourth-order valence-corrected chi connectivity index (χ4v) is 0.987. The quantitative estimate of drug-likeness (QED) is 0.270. The van der Waals surface area contributed by atoms with Crippen LogP contribution in [0.1, 0.15) is 5.56 Å². The maximum atomic E-state index is 9.21. The van der Waals surface area contributed by atoms with Crippen LogP contribution in [0, 0.1) is 0 Å². The third-order valence-corrected chi connectivity index (χ3v) is 1.56. The Morgan fingerprint density at radius 3 is 2.58 bits per heavy atom. The third kappa shape index (κ3) is 1.60. The van der Waals surface area contributed by atoms with E-state index in [1.54, 1.807) is 0 Å². The van der Waals surface area contributed by atoms with Gasteiger partial charge in [-0.3, -0.25) is 0 Å². The lowest BCUT2D eigenvalue weighted by Crippen LogP contribution is -1.83. The van der Waals surface area contributed by atoms with E-state index in [-0.39, 0.29) is 22.1 Å². The van der Waals surface area contributed by atoms with Crippen molar-refractivity contribution in [3.8, 4) is 11.5 Å². The SMILES string of the molecule is O/N=C/c1cc(O)cc(Cl)c1O. The van der Waals surface area contributed by atoms with Crippen LogP contribution in [0.5, 0.6) is 11.5 Å². The minimum atomic E-state index is -0.229. The first-order valence-corrected chi connectivity index (χ1v) is 3.42. The van der Waals surface area contributed by atoms with E-state index in [9.17, 15) is 5.11 Å². The first-order chi connectivity index (χ1) is 5.65. The molecule has 0 aliphatic heterocycles. The van der Waals surface area contributed by atoms with Crippen molar-refractivity contribution in [3.63, 3.8) is 0 Å². The van der Waals surface area contributed by atoms with Crippen LogP contribution >= 0.6 is 11.6 Å². The van der Waals surface area contributed by atoms with Gasteiger partial charge in [-0.05, 0) is 6.07 Å². The molecule has 0 radical (unpaired) electrons. The number of halogens is 1. The first-order valence-electron chi connectivity index (χ1n) is 3.04. The van der Waals surface area contributed by atoms with Crippen LogP contribution in [0.25, 0.3) is 0 Å². The van der Waals surface area contributed by atoms with Gasteiger partial charge in [0.1, 0.15) is 11.5 Å². The molecule has 0 atom stereocenters. The number of rotatable bonds is 1. The van der Waals surface area contributed by atoms with Gasteiger partial charge < -0.3 is 15.4 Å². The van der Waals surface area contributed by atoms with E-state index in [0.717, 1.165) is 6.21 Å². The summed E-state index contributed by atoms with van der Waals surface area (Å²) >= 11 is 5.50. The molecular formula is C7H6ClNO3. The molecular weight excluding hydrogens is 182 g/mol. The molecule has 0 saturated heterocycles. The predicted octanol–water partition coefficient (Wildman–Crippen LogP) is 1.56. The van der Waals surface area contributed by atoms with Gasteiger partial charge in [-0.1, -0.05) is 16.8 Å². The highest BCUT2D eigenvalue weighted by atomic mass is 35.5. The molecule has 0 aromatic heterocycles. The standard InChI is InChI=1S/C7H6ClNO3/c8-6-2-5(10)1-4(3-9-12)7(6)11/h1-3,10-12H/b9-3+. The molecule has 0 spiro atoms. The lowest BCUT2D eigenvalue weighted by Gasteiger charge is -2.00. The molecule has 5 heteroatoms. The zero-order chi connectivity index (χ0) is 9.14. The zero-order valence-corrected chi connectivity index (χ0v) is 6.65. The highest BCUT2D eigenvalue weighted by Crippen LogP contribution is 2.30. The van der Waals surface area contributed by atoms with E-state index >= 15 is 0 Å². The van der Waals surface area contributed by atoms with E-state index in [1.807, 2.05) is 0 Å². The summed E-state index contributed by atoms with van der Waals surface area (Å²) in [5, 5.41) is 29.1. The highest BCUT2D eigenvalue weighted by molar-refractivity contribution is 6.32. The van der Waals surface area contributed by atoms with Crippen LogP contribution in [-0.2, 0) is 0 Å². The minimum Gasteiger partial charge on any atom is -0.508 e. The Bertz CT molecular complexity index is 325. The Labute approximate surface area is 73.3 Å². The lowest BCUT2D eigenvalue weighted by molar-refractivity contribution is 0.321. The second kappa shape index (κ2) is 3.32. The molecule has 0 aliphatic carbocycles. The summed E-state index contributed by atoms with van der Waals surface area (Å²) in [6.45, 7) is 0. The van der Waals surface area contributed by atoms with Gasteiger partial charge in [-0.15, -0.1) is 0 Å². The van der Waals surface area contributed by atoms with Crippen molar-refractivity contribution >= 4 is 17.8 Å². The molecule has 3 N–H and O–H groups in total. The normalized spacial score (nSPS) is 10.8. The predicted molar refractivity (Wildman–Crippen MR) is 44.2 cm³/mol. The van der Waals surface area contributed by atoms with Crippen molar-refractivity contribution in [3.05, 3.63) is 22.7 Å². The van der Waals surface area contributed by atoms with E-state index < -0.39 is 0 Å². The molecule has 1 aromatic carbocycles. The Hall–Kier alpha value is -1.42. The highest BCUT2D eigenvalue weighted by Gasteiger charge is 2.05. The second-order valence-corrected chi connectivity index (χ2v) is 2.52. The average molecular weight is 188 g/mol. The van der Waals surface area contributed by atoms with Gasteiger partial charge in [0.15, 0.2) is 0 Å². The molecule has 1 rings (SSSR count). The lowest BCUT2D eigenvalue weighted by atomic mass is 10.2. The number of hydrogen-bond donors (Lipinski definition) is 3. The number of phenols is 2. The van der Waals surface area contributed by atoms with E-state index in [4.69, 9.17) is 21.9 Å². The molecule has 0 aliphatic rings. The van der Waals surface area contributed by atoms with Crippen LogP contribution in [-0.4, -0.2) is 21.6 Å². The molecule has 4 nitrogen and oxygen atoms in total. The maximum Gasteiger partial charge on any atom is 0.143 e. The van der Waals surface area contributed by atoms with Crippen molar-refractivity contribution in [2.75, 3.05) is 0 Å². The third-order valence-electron chi connectivity index (χ3n) is 1.27. The molecule has 0 unspecified atom stereocenters. The van der Waals surface area contributed by atoms with E-state index in [1.165, 1.54) is 12.1 Å². The van der Waals surface area contributed by atoms with Gasteiger partial charge in [-0.2, -0.15) is 0 Å². The van der Waals surface area contributed by atoms with Crippen molar-refractivity contribution in [2.45, 2.75) is 0 Å². The summed E-state index contributed by atoms with van der Waals surface area (Å²) in [7, 11) is 0. The van der Waals surface area contributed by atoms with Crippen molar-refractivity contribution in [1.82, 2.24) is 0 Å². The number of oxime groups is 1. The summed E-state index contributed by atoms with van der Waals surface area (Å²) in [4.78, 5) is 0. The summed E-state index contributed by atoms with van der Waals surface area (Å²) in [6.07, 6.45) is 0.973. The molecule has 0 saturated carbocycles.